The van der Waals surface area contributed by atoms with Gasteiger partial charge in [0.2, 0.25) is 10.0 Å². The number of likely N-dealkylation sites (N-methyl/N-ethyl adjacent to an activating group) is 1. The molecule has 2 heterocycles. The minimum atomic E-state index is -3.49. The first kappa shape index (κ1) is 15.0. The van der Waals surface area contributed by atoms with Gasteiger partial charge in [-0.1, -0.05) is 0 Å². The van der Waals surface area contributed by atoms with E-state index in [1.165, 1.54) is 33.5 Å². The van der Waals surface area contributed by atoms with Crippen molar-refractivity contribution in [2.75, 3.05) is 33.2 Å². The molecule has 1 fully saturated rings. The van der Waals surface area contributed by atoms with Gasteiger partial charge in [0.05, 0.1) is 16.8 Å². The molecule has 1 aliphatic rings. The first-order chi connectivity index (χ1) is 10.5. The highest BCUT2D eigenvalue weighted by molar-refractivity contribution is 7.89. The molecule has 0 radical (unpaired) electrons. The van der Waals surface area contributed by atoms with Gasteiger partial charge < -0.3 is 9.32 Å². The number of hydrogen-bond donors (Lipinski definition) is 0. The Kier molecular flexibility index (Phi) is 3.90. The molecule has 3 rings (SSSR count). The van der Waals surface area contributed by atoms with Gasteiger partial charge in [-0.3, -0.25) is 0 Å². The van der Waals surface area contributed by atoms with Crippen LogP contribution in [-0.2, 0) is 10.0 Å². The molecule has 0 N–H and O–H groups in total. The second kappa shape index (κ2) is 5.71. The fraction of sp³-hybridized carbons (Fsp3) is 0.357. The predicted octanol–water partition coefficient (Wildman–Crippen LogP) is 0.367. The quantitative estimate of drug-likeness (QED) is 0.815. The standard InChI is InChI=1S/C14H17N3O4S/c1-15-6-8-16(9-7-15)22(19,20)13-4-2-12(3-5-13)17-10-11-21-14(17)18/h2-5,10-11H,6-9H2,1H3. The molecule has 0 bridgehead atoms. The molecule has 0 aliphatic carbocycles. The van der Waals surface area contributed by atoms with Gasteiger partial charge in [0.25, 0.3) is 0 Å². The lowest BCUT2D eigenvalue weighted by molar-refractivity contribution is 0.222. The van der Waals surface area contributed by atoms with Crippen molar-refractivity contribution in [3.63, 3.8) is 0 Å². The van der Waals surface area contributed by atoms with Crippen molar-refractivity contribution in [3.05, 3.63) is 47.3 Å². The summed E-state index contributed by atoms with van der Waals surface area (Å²) >= 11 is 0. The number of sulfonamides is 1. The molecule has 1 saturated heterocycles. The fourth-order valence-electron chi connectivity index (χ4n) is 2.41. The van der Waals surface area contributed by atoms with Gasteiger partial charge in [0, 0.05) is 26.2 Å². The summed E-state index contributed by atoms with van der Waals surface area (Å²) in [5, 5.41) is 0. The van der Waals surface area contributed by atoms with Gasteiger partial charge in [-0.05, 0) is 31.3 Å². The van der Waals surface area contributed by atoms with E-state index >= 15 is 0 Å². The third-order valence-electron chi connectivity index (χ3n) is 3.79. The smallest absolute Gasteiger partial charge is 0.416 e. The molecule has 22 heavy (non-hydrogen) atoms. The summed E-state index contributed by atoms with van der Waals surface area (Å²) in [6.07, 6.45) is 2.78. The third-order valence-corrected chi connectivity index (χ3v) is 5.70. The second-order valence-electron chi connectivity index (χ2n) is 5.24. The van der Waals surface area contributed by atoms with Gasteiger partial charge in [0.15, 0.2) is 0 Å². The van der Waals surface area contributed by atoms with Crippen LogP contribution in [0.2, 0.25) is 0 Å². The van der Waals surface area contributed by atoms with E-state index in [2.05, 4.69) is 4.90 Å². The normalized spacial score (nSPS) is 17.7. The van der Waals surface area contributed by atoms with Crippen molar-refractivity contribution in [2.45, 2.75) is 4.90 Å². The van der Waals surface area contributed by atoms with Crippen LogP contribution in [0.1, 0.15) is 0 Å². The molecule has 0 saturated carbocycles. The summed E-state index contributed by atoms with van der Waals surface area (Å²) in [4.78, 5) is 13.8. The first-order valence-electron chi connectivity index (χ1n) is 6.94. The van der Waals surface area contributed by atoms with Crippen LogP contribution >= 0.6 is 0 Å². The summed E-state index contributed by atoms with van der Waals surface area (Å²) < 4.78 is 32.7. The van der Waals surface area contributed by atoms with Crippen molar-refractivity contribution >= 4 is 10.0 Å². The zero-order valence-corrected chi connectivity index (χ0v) is 13.0. The van der Waals surface area contributed by atoms with E-state index in [0.717, 1.165) is 13.1 Å². The SMILES string of the molecule is CN1CCN(S(=O)(=O)c2ccc(-n3ccoc3=O)cc2)CC1. The van der Waals surface area contributed by atoms with E-state index in [1.54, 1.807) is 12.1 Å². The molecule has 118 valence electrons. The molecule has 0 unspecified atom stereocenters. The third kappa shape index (κ3) is 2.72. The van der Waals surface area contributed by atoms with Crippen LogP contribution in [0.15, 0.2) is 50.8 Å². The van der Waals surface area contributed by atoms with Crippen LogP contribution in [0.4, 0.5) is 0 Å². The summed E-state index contributed by atoms with van der Waals surface area (Å²) in [6, 6.07) is 6.23. The summed E-state index contributed by atoms with van der Waals surface area (Å²) in [6.45, 7) is 2.42. The topological polar surface area (TPSA) is 75.8 Å². The van der Waals surface area contributed by atoms with Gasteiger partial charge >= 0.3 is 5.76 Å². The number of nitrogens with zero attached hydrogens (tertiary/aromatic N) is 3. The minimum absolute atomic E-state index is 0.234. The Morgan fingerprint density at radius 1 is 1.05 bits per heavy atom. The number of rotatable bonds is 3. The van der Waals surface area contributed by atoms with E-state index in [9.17, 15) is 13.2 Å². The van der Waals surface area contributed by atoms with Crippen LogP contribution in [0.5, 0.6) is 0 Å². The lowest BCUT2D eigenvalue weighted by Crippen LogP contribution is -2.46. The molecule has 0 amide bonds. The Bertz CT molecular complexity index is 799. The van der Waals surface area contributed by atoms with Gasteiger partial charge in [-0.15, -0.1) is 0 Å². The van der Waals surface area contributed by atoms with Crippen LogP contribution < -0.4 is 5.76 Å². The lowest BCUT2D eigenvalue weighted by atomic mass is 10.3. The Balaban J connectivity index is 1.86. The maximum atomic E-state index is 12.6. The molecule has 1 aromatic heterocycles. The Labute approximate surface area is 128 Å². The maximum absolute atomic E-state index is 12.6. The molecular formula is C14H17N3O4S. The number of aromatic nitrogens is 1. The van der Waals surface area contributed by atoms with Gasteiger partial charge in [-0.25, -0.2) is 17.8 Å². The Morgan fingerprint density at radius 3 is 2.23 bits per heavy atom. The highest BCUT2D eigenvalue weighted by Crippen LogP contribution is 2.18. The average Bonchev–Trinajstić information content (AvgIpc) is 2.94. The highest BCUT2D eigenvalue weighted by atomic mass is 32.2. The first-order valence-corrected chi connectivity index (χ1v) is 8.38. The van der Waals surface area contributed by atoms with E-state index in [-0.39, 0.29) is 4.90 Å². The van der Waals surface area contributed by atoms with Crippen LogP contribution in [-0.4, -0.2) is 55.4 Å². The number of oxazole rings is 1. The monoisotopic (exact) mass is 323 g/mol. The van der Waals surface area contributed by atoms with E-state index in [0.29, 0.717) is 18.8 Å². The zero-order chi connectivity index (χ0) is 15.7. The Morgan fingerprint density at radius 2 is 1.68 bits per heavy atom. The molecule has 7 nitrogen and oxygen atoms in total. The molecular weight excluding hydrogens is 306 g/mol. The van der Waals surface area contributed by atoms with Crippen molar-refractivity contribution < 1.29 is 12.8 Å². The van der Waals surface area contributed by atoms with Crippen molar-refractivity contribution in [2.24, 2.45) is 0 Å². The van der Waals surface area contributed by atoms with Crippen LogP contribution in [0.25, 0.3) is 5.69 Å². The molecule has 1 aromatic carbocycles. The molecule has 1 aliphatic heterocycles. The van der Waals surface area contributed by atoms with E-state index in [4.69, 9.17) is 4.42 Å². The largest absolute Gasteiger partial charge is 0.423 e. The number of hydrogen-bond acceptors (Lipinski definition) is 5. The summed E-state index contributed by atoms with van der Waals surface area (Å²) in [5.41, 5.74) is 0.566. The highest BCUT2D eigenvalue weighted by Gasteiger charge is 2.27. The van der Waals surface area contributed by atoms with Crippen LogP contribution in [0, 0.1) is 0 Å². The number of piperazine rings is 1. The molecule has 8 heteroatoms. The maximum Gasteiger partial charge on any atom is 0.423 e. The summed E-state index contributed by atoms with van der Waals surface area (Å²) in [7, 11) is -1.51. The zero-order valence-electron chi connectivity index (χ0n) is 12.2. The minimum Gasteiger partial charge on any atom is -0.416 e. The second-order valence-corrected chi connectivity index (χ2v) is 7.18. The Hall–Kier alpha value is -1.90. The van der Waals surface area contributed by atoms with E-state index in [1.807, 2.05) is 7.05 Å². The lowest BCUT2D eigenvalue weighted by Gasteiger charge is -2.31. The molecule has 0 spiro atoms. The molecule has 0 atom stereocenters. The number of benzene rings is 1. The van der Waals surface area contributed by atoms with Crippen molar-refractivity contribution in [1.82, 2.24) is 13.8 Å². The van der Waals surface area contributed by atoms with Crippen molar-refractivity contribution in [1.29, 1.82) is 0 Å². The summed E-state index contributed by atoms with van der Waals surface area (Å²) in [5.74, 6) is -0.505. The van der Waals surface area contributed by atoms with Crippen molar-refractivity contribution in [3.8, 4) is 5.69 Å². The average molecular weight is 323 g/mol. The van der Waals surface area contributed by atoms with Gasteiger partial charge in [-0.2, -0.15) is 4.31 Å². The molecule has 2 aromatic rings. The van der Waals surface area contributed by atoms with Gasteiger partial charge in [0.1, 0.15) is 6.26 Å². The van der Waals surface area contributed by atoms with Crippen LogP contribution in [0.3, 0.4) is 0 Å². The predicted molar refractivity (Wildman–Crippen MR) is 80.6 cm³/mol. The fourth-order valence-corrected chi connectivity index (χ4v) is 3.84. The van der Waals surface area contributed by atoms with E-state index < -0.39 is 15.8 Å².